The molecule has 1 fully saturated rings. The normalized spacial score (nSPS) is 28.6. The summed E-state index contributed by atoms with van der Waals surface area (Å²) in [5.74, 6) is -1.50. The Labute approximate surface area is 168 Å². The van der Waals surface area contributed by atoms with E-state index < -0.39 is 22.7 Å². The average Bonchev–Trinajstić information content (AvgIpc) is 3.35. The maximum absolute atomic E-state index is 10.1. The molecule has 0 saturated heterocycles. The van der Waals surface area contributed by atoms with Crippen LogP contribution in [0.15, 0.2) is 59.6 Å². The third-order valence-corrected chi connectivity index (χ3v) is 5.92. The average molecular weight is 388 g/mol. The van der Waals surface area contributed by atoms with Crippen molar-refractivity contribution in [1.82, 2.24) is 0 Å². The van der Waals surface area contributed by atoms with Gasteiger partial charge >= 0.3 is 0 Å². The SMILES string of the molecule is COC1(OC)N=C(N)[C@@]2(C#N)[C@@H](c3cccc(OCc4ccccc4)c3)[C@@]12C#N. The highest BCUT2D eigenvalue weighted by molar-refractivity contribution is 6.00. The Morgan fingerprint density at radius 2 is 1.76 bits per heavy atom. The fourth-order valence-electron chi connectivity index (χ4n) is 4.55. The standard InChI is InChI=1S/C22H20N4O3/c1-27-22(28-2)21(14-24)18(20(21,13-23)19(25)26-22)16-9-6-10-17(11-16)29-12-15-7-4-3-5-8-15/h3-11,18H,12H2,1-2H3,(H2,25,26)/t18-,20-,21-/m1/s1. The molecule has 4 rings (SSSR count). The van der Waals surface area contributed by atoms with Crippen molar-refractivity contribution in [3.05, 3.63) is 65.7 Å². The van der Waals surface area contributed by atoms with Crippen LogP contribution >= 0.6 is 0 Å². The number of ether oxygens (including phenoxy) is 3. The van der Waals surface area contributed by atoms with E-state index in [0.717, 1.165) is 11.1 Å². The Hall–Kier alpha value is -3.39. The van der Waals surface area contributed by atoms with Crippen molar-refractivity contribution in [2.24, 2.45) is 21.6 Å². The van der Waals surface area contributed by atoms with Crippen molar-refractivity contribution in [2.75, 3.05) is 14.2 Å². The molecule has 2 aromatic rings. The summed E-state index contributed by atoms with van der Waals surface area (Å²) in [6, 6.07) is 21.6. The minimum atomic E-state index is -1.63. The summed E-state index contributed by atoms with van der Waals surface area (Å²) in [5.41, 5.74) is 5.23. The topological polar surface area (TPSA) is 114 Å². The van der Waals surface area contributed by atoms with E-state index >= 15 is 0 Å². The van der Waals surface area contributed by atoms with Gasteiger partial charge in [-0.15, -0.1) is 0 Å². The highest BCUT2D eigenvalue weighted by Crippen LogP contribution is 2.81. The molecule has 0 amide bonds. The summed E-state index contributed by atoms with van der Waals surface area (Å²) in [6.07, 6.45) is 0. The molecule has 1 aliphatic carbocycles. The van der Waals surface area contributed by atoms with E-state index in [9.17, 15) is 10.5 Å². The Bertz CT molecular complexity index is 1050. The molecule has 2 aliphatic rings. The predicted molar refractivity (Wildman–Crippen MR) is 104 cm³/mol. The van der Waals surface area contributed by atoms with Gasteiger partial charge in [-0.3, -0.25) is 0 Å². The van der Waals surface area contributed by atoms with Crippen LogP contribution in [0.1, 0.15) is 17.0 Å². The van der Waals surface area contributed by atoms with Gasteiger partial charge in [0, 0.05) is 20.1 Å². The summed E-state index contributed by atoms with van der Waals surface area (Å²) in [4.78, 5) is 4.22. The lowest BCUT2D eigenvalue weighted by molar-refractivity contribution is -0.230. The number of rotatable bonds is 6. The summed E-state index contributed by atoms with van der Waals surface area (Å²) in [5, 5.41) is 20.1. The van der Waals surface area contributed by atoms with Gasteiger partial charge < -0.3 is 19.9 Å². The number of hydrogen-bond donors (Lipinski definition) is 1. The lowest BCUT2D eigenvalue weighted by Crippen LogP contribution is -2.41. The van der Waals surface area contributed by atoms with Crippen LogP contribution in [0, 0.1) is 33.5 Å². The van der Waals surface area contributed by atoms with Crippen molar-refractivity contribution < 1.29 is 14.2 Å². The first-order chi connectivity index (χ1) is 14.0. The number of fused-ring (bicyclic) bond motifs is 1. The molecule has 2 aromatic carbocycles. The molecule has 146 valence electrons. The van der Waals surface area contributed by atoms with Gasteiger partial charge in [-0.2, -0.15) is 10.5 Å². The van der Waals surface area contributed by atoms with Crippen LogP contribution in [0.5, 0.6) is 5.75 Å². The van der Waals surface area contributed by atoms with E-state index in [2.05, 4.69) is 17.1 Å². The molecule has 1 saturated carbocycles. The quantitative estimate of drug-likeness (QED) is 0.761. The molecule has 3 atom stereocenters. The fourth-order valence-corrected chi connectivity index (χ4v) is 4.55. The van der Waals surface area contributed by atoms with Crippen molar-refractivity contribution in [3.63, 3.8) is 0 Å². The molecule has 0 spiro atoms. The fraction of sp³-hybridized carbons (Fsp3) is 0.318. The van der Waals surface area contributed by atoms with Gasteiger partial charge in [-0.25, -0.2) is 4.99 Å². The number of nitriles is 2. The van der Waals surface area contributed by atoms with Crippen LogP contribution in [0.2, 0.25) is 0 Å². The monoisotopic (exact) mass is 388 g/mol. The van der Waals surface area contributed by atoms with Crippen LogP contribution in [-0.2, 0) is 16.1 Å². The summed E-state index contributed by atoms with van der Waals surface area (Å²) < 4.78 is 16.9. The lowest BCUT2D eigenvalue weighted by atomic mass is 9.93. The van der Waals surface area contributed by atoms with Crippen LogP contribution in [-0.4, -0.2) is 26.0 Å². The van der Waals surface area contributed by atoms with Gasteiger partial charge in [0.05, 0.1) is 12.1 Å². The number of amidine groups is 1. The molecule has 7 heteroatoms. The van der Waals surface area contributed by atoms with Crippen LogP contribution in [0.25, 0.3) is 0 Å². The van der Waals surface area contributed by atoms with Crippen LogP contribution in [0.3, 0.4) is 0 Å². The number of hydrogen-bond acceptors (Lipinski definition) is 7. The third-order valence-electron chi connectivity index (χ3n) is 5.92. The number of nitrogens with two attached hydrogens (primary N) is 1. The number of nitrogens with zero attached hydrogens (tertiary/aromatic N) is 3. The minimum Gasteiger partial charge on any atom is -0.489 e. The predicted octanol–water partition coefficient (Wildman–Crippen LogP) is 2.70. The van der Waals surface area contributed by atoms with E-state index in [4.69, 9.17) is 19.9 Å². The lowest BCUT2D eigenvalue weighted by Gasteiger charge is -2.29. The Kier molecular flexibility index (Phi) is 4.31. The zero-order valence-electron chi connectivity index (χ0n) is 16.1. The Balaban J connectivity index is 1.70. The van der Waals surface area contributed by atoms with Gasteiger partial charge in [-0.1, -0.05) is 42.5 Å². The van der Waals surface area contributed by atoms with Crippen LogP contribution in [0.4, 0.5) is 0 Å². The first-order valence-corrected chi connectivity index (χ1v) is 9.10. The Morgan fingerprint density at radius 1 is 1.03 bits per heavy atom. The maximum Gasteiger partial charge on any atom is 0.292 e. The van der Waals surface area contributed by atoms with Crippen molar-refractivity contribution in [3.8, 4) is 17.9 Å². The third kappa shape index (κ3) is 2.26. The van der Waals surface area contributed by atoms with Crippen molar-refractivity contribution in [1.29, 1.82) is 10.5 Å². The Morgan fingerprint density at radius 3 is 2.38 bits per heavy atom. The first kappa shape index (κ1) is 18.9. The number of benzene rings is 2. The maximum atomic E-state index is 10.1. The zero-order valence-corrected chi connectivity index (χ0v) is 16.1. The number of methoxy groups -OCH3 is 2. The second kappa shape index (κ2) is 6.59. The molecule has 0 radical (unpaired) electrons. The van der Waals surface area contributed by atoms with E-state index in [0.29, 0.717) is 12.4 Å². The smallest absolute Gasteiger partial charge is 0.292 e. The molecule has 7 nitrogen and oxygen atoms in total. The van der Waals surface area contributed by atoms with E-state index in [1.807, 2.05) is 54.6 Å². The summed E-state index contributed by atoms with van der Waals surface area (Å²) in [6.45, 7) is 0.408. The highest BCUT2D eigenvalue weighted by atomic mass is 16.7. The summed E-state index contributed by atoms with van der Waals surface area (Å²) in [7, 11) is 2.78. The van der Waals surface area contributed by atoms with Gasteiger partial charge in [0.25, 0.3) is 5.91 Å². The molecule has 1 heterocycles. The second-order valence-corrected chi connectivity index (χ2v) is 7.11. The van der Waals surface area contributed by atoms with Gasteiger partial charge in [0.2, 0.25) is 0 Å². The number of aliphatic imine (C=N–C) groups is 1. The van der Waals surface area contributed by atoms with E-state index in [1.165, 1.54) is 14.2 Å². The molecule has 29 heavy (non-hydrogen) atoms. The molecule has 2 N–H and O–H groups in total. The van der Waals surface area contributed by atoms with Crippen molar-refractivity contribution >= 4 is 5.84 Å². The summed E-state index contributed by atoms with van der Waals surface area (Å²) >= 11 is 0. The van der Waals surface area contributed by atoms with Gasteiger partial charge in [0.1, 0.15) is 23.6 Å². The molecular formula is C22H20N4O3. The largest absolute Gasteiger partial charge is 0.489 e. The molecule has 0 bridgehead atoms. The second-order valence-electron chi connectivity index (χ2n) is 7.11. The van der Waals surface area contributed by atoms with E-state index in [1.54, 1.807) is 0 Å². The van der Waals surface area contributed by atoms with Crippen molar-refractivity contribution in [2.45, 2.75) is 18.4 Å². The molecule has 1 aliphatic heterocycles. The van der Waals surface area contributed by atoms with E-state index in [-0.39, 0.29) is 5.84 Å². The molecule has 0 unspecified atom stereocenters. The molecule has 0 aromatic heterocycles. The zero-order chi connectivity index (χ0) is 20.7. The van der Waals surface area contributed by atoms with Crippen LogP contribution < -0.4 is 10.5 Å². The van der Waals surface area contributed by atoms with Gasteiger partial charge in [0.15, 0.2) is 5.41 Å². The highest BCUT2D eigenvalue weighted by Gasteiger charge is 2.93. The minimum absolute atomic E-state index is 0.0471. The van der Waals surface area contributed by atoms with Gasteiger partial charge in [-0.05, 0) is 23.3 Å². The molecular weight excluding hydrogens is 368 g/mol. The first-order valence-electron chi connectivity index (χ1n) is 9.10.